The van der Waals surface area contributed by atoms with Crippen LogP contribution in [0.1, 0.15) is 20.3 Å². The van der Waals surface area contributed by atoms with E-state index >= 15 is 0 Å². The molecule has 1 nitrogen and oxygen atoms in total. The second-order valence-electron chi connectivity index (χ2n) is 1.96. The molecular formula is C7H11FO. The lowest BCUT2D eigenvalue weighted by atomic mass is 10.2. The molecule has 0 aliphatic heterocycles. The molecule has 0 saturated heterocycles. The number of hydrogen-bond donors (Lipinski definition) is 0. The minimum atomic E-state index is -0.287. The van der Waals surface area contributed by atoms with Crippen molar-refractivity contribution in [1.82, 2.24) is 0 Å². The van der Waals surface area contributed by atoms with Gasteiger partial charge in [-0.05, 0) is 12.5 Å². The molecule has 0 rings (SSSR count). The van der Waals surface area contributed by atoms with E-state index in [1.165, 1.54) is 6.08 Å². The van der Waals surface area contributed by atoms with E-state index in [-0.39, 0.29) is 11.7 Å². The lowest BCUT2D eigenvalue weighted by Crippen LogP contribution is -1.89. The molecule has 0 aromatic heterocycles. The van der Waals surface area contributed by atoms with Crippen LogP contribution in [0.2, 0.25) is 0 Å². The number of allylic oxidation sites excluding steroid dienone is 2. The van der Waals surface area contributed by atoms with Crippen LogP contribution in [0.4, 0.5) is 4.39 Å². The molecule has 0 fully saturated rings. The van der Waals surface area contributed by atoms with E-state index in [2.05, 4.69) is 0 Å². The molecule has 0 radical (unpaired) electrons. The molecular weight excluding hydrogens is 119 g/mol. The Balaban J connectivity index is 3.78. The Morgan fingerprint density at radius 1 is 1.78 bits per heavy atom. The van der Waals surface area contributed by atoms with Crippen LogP contribution in [0.3, 0.4) is 0 Å². The number of hydrogen-bond acceptors (Lipinski definition) is 1. The Morgan fingerprint density at radius 2 is 2.33 bits per heavy atom. The van der Waals surface area contributed by atoms with E-state index < -0.39 is 0 Å². The second kappa shape index (κ2) is 4.24. The van der Waals surface area contributed by atoms with Gasteiger partial charge in [0.25, 0.3) is 0 Å². The van der Waals surface area contributed by atoms with Crippen molar-refractivity contribution < 1.29 is 9.18 Å². The van der Waals surface area contributed by atoms with Gasteiger partial charge in [-0.15, -0.1) is 0 Å². The zero-order valence-electron chi connectivity index (χ0n) is 5.73. The highest BCUT2D eigenvalue weighted by Gasteiger charge is 1.95. The van der Waals surface area contributed by atoms with Crippen molar-refractivity contribution >= 4 is 6.29 Å². The first-order valence-electron chi connectivity index (χ1n) is 3.02. The van der Waals surface area contributed by atoms with Crippen molar-refractivity contribution in [3.63, 3.8) is 0 Å². The van der Waals surface area contributed by atoms with Gasteiger partial charge in [-0.1, -0.05) is 13.8 Å². The minimum absolute atomic E-state index is 0.213. The Kier molecular flexibility index (Phi) is 3.93. The van der Waals surface area contributed by atoms with Crippen LogP contribution < -0.4 is 0 Å². The highest BCUT2D eigenvalue weighted by atomic mass is 19.1. The largest absolute Gasteiger partial charge is 0.303 e. The summed E-state index contributed by atoms with van der Waals surface area (Å²) in [6, 6.07) is 0. The molecule has 0 spiro atoms. The van der Waals surface area contributed by atoms with Crippen molar-refractivity contribution in [1.29, 1.82) is 0 Å². The Hall–Kier alpha value is -0.660. The quantitative estimate of drug-likeness (QED) is 0.534. The third-order valence-electron chi connectivity index (χ3n) is 0.996. The van der Waals surface area contributed by atoms with Gasteiger partial charge in [-0.3, -0.25) is 0 Å². The fourth-order valence-corrected chi connectivity index (χ4v) is 0.442. The average Bonchev–Trinajstić information content (AvgIpc) is 1.87. The Bertz CT molecular complexity index is 118. The van der Waals surface area contributed by atoms with Gasteiger partial charge >= 0.3 is 0 Å². The SMILES string of the molecule is CC/C(F)=C\C(C)C=O. The molecule has 0 saturated carbocycles. The van der Waals surface area contributed by atoms with Crippen molar-refractivity contribution in [2.45, 2.75) is 20.3 Å². The van der Waals surface area contributed by atoms with Gasteiger partial charge in [-0.25, -0.2) is 4.39 Å². The summed E-state index contributed by atoms with van der Waals surface area (Å²) < 4.78 is 12.3. The standard InChI is InChI=1S/C7H11FO/c1-3-7(8)4-6(2)5-9/h4-6H,3H2,1-2H3/b7-4+. The predicted molar refractivity (Wildman–Crippen MR) is 34.7 cm³/mol. The lowest BCUT2D eigenvalue weighted by Gasteiger charge is -1.92. The van der Waals surface area contributed by atoms with Crippen LogP contribution in [-0.2, 0) is 4.79 Å². The molecule has 1 atom stereocenters. The second-order valence-corrected chi connectivity index (χ2v) is 1.96. The van der Waals surface area contributed by atoms with E-state index in [0.717, 1.165) is 6.29 Å². The molecule has 9 heavy (non-hydrogen) atoms. The molecule has 2 heteroatoms. The van der Waals surface area contributed by atoms with Gasteiger partial charge in [-0.2, -0.15) is 0 Å². The number of carbonyl (C=O) groups is 1. The van der Waals surface area contributed by atoms with Crippen molar-refractivity contribution in [2.24, 2.45) is 5.92 Å². The molecule has 0 bridgehead atoms. The normalized spacial score (nSPS) is 15.2. The molecule has 0 aliphatic rings. The van der Waals surface area contributed by atoms with Gasteiger partial charge in [0.05, 0.1) is 5.83 Å². The van der Waals surface area contributed by atoms with Crippen molar-refractivity contribution in [3.05, 3.63) is 11.9 Å². The van der Waals surface area contributed by atoms with Crippen molar-refractivity contribution in [2.75, 3.05) is 0 Å². The molecule has 1 unspecified atom stereocenters. The van der Waals surface area contributed by atoms with Crippen LogP contribution in [0.25, 0.3) is 0 Å². The van der Waals surface area contributed by atoms with Crippen LogP contribution in [0, 0.1) is 5.92 Å². The number of halogens is 1. The summed E-state index contributed by atoms with van der Waals surface area (Å²) in [5, 5.41) is 0. The predicted octanol–water partition coefficient (Wildman–Crippen LogP) is 2.08. The fraction of sp³-hybridized carbons (Fsp3) is 0.571. The molecule has 0 aliphatic carbocycles. The van der Waals surface area contributed by atoms with Crippen LogP contribution >= 0.6 is 0 Å². The van der Waals surface area contributed by atoms with Crippen LogP contribution in [0.5, 0.6) is 0 Å². The summed E-state index contributed by atoms with van der Waals surface area (Å²) in [5.74, 6) is -0.500. The maximum Gasteiger partial charge on any atom is 0.126 e. The van der Waals surface area contributed by atoms with Crippen molar-refractivity contribution in [3.8, 4) is 0 Å². The summed E-state index contributed by atoms with van der Waals surface area (Å²) >= 11 is 0. The average molecular weight is 130 g/mol. The summed E-state index contributed by atoms with van der Waals surface area (Å²) in [6.45, 7) is 3.37. The van der Waals surface area contributed by atoms with Gasteiger partial charge in [0.15, 0.2) is 0 Å². The molecule has 0 aromatic rings. The van der Waals surface area contributed by atoms with Crippen LogP contribution in [0.15, 0.2) is 11.9 Å². The van der Waals surface area contributed by atoms with E-state index in [1.54, 1.807) is 13.8 Å². The first kappa shape index (κ1) is 8.34. The van der Waals surface area contributed by atoms with E-state index in [9.17, 15) is 9.18 Å². The topological polar surface area (TPSA) is 17.1 Å². The lowest BCUT2D eigenvalue weighted by molar-refractivity contribution is -0.109. The van der Waals surface area contributed by atoms with E-state index in [0.29, 0.717) is 6.42 Å². The summed E-state index contributed by atoms with van der Waals surface area (Å²) in [5.41, 5.74) is 0. The molecule has 0 amide bonds. The first-order valence-corrected chi connectivity index (χ1v) is 3.02. The number of aldehydes is 1. The maximum absolute atomic E-state index is 12.3. The van der Waals surface area contributed by atoms with Crippen LogP contribution in [-0.4, -0.2) is 6.29 Å². The highest BCUT2D eigenvalue weighted by molar-refractivity contribution is 5.55. The zero-order valence-corrected chi connectivity index (χ0v) is 5.73. The Morgan fingerprint density at radius 3 is 2.67 bits per heavy atom. The summed E-state index contributed by atoms with van der Waals surface area (Å²) in [7, 11) is 0. The zero-order chi connectivity index (χ0) is 7.28. The first-order chi connectivity index (χ1) is 4.20. The molecule has 0 N–H and O–H groups in total. The fourth-order valence-electron chi connectivity index (χ4n) is 0.442. The van der Waals surface area contributed by atoms with Gasteiger partial charge in [0.1, 0.15) is 6.29 Å². The van der Waals surface area contributed by atoms with E-state index in [4.69, 9.17) is 0 Å². The minimum Gasteiger partial charge on any atom is -0.303 e. The third kappa shape index (κ3) is 3.88. The van der Waals surface area contributed by atoms with Gasteiger partial charge in [0, 0.05) is 5.92 Å². The maximum atomic E-state index is 12.3. The molecule has 52 valence electrons. The summed E-state index contributed by atoms with van der Waals surface area (Å²) in [4.78, 5) is 9.95. The monoisotopic (exact) mass is 130 g/mol. The third-order valence-corrected chi connectivity index (χ3v) is 0.996. The number of rotatable bonds is 3. The Labute approximate surface area is 54.6 Å². The van der Waals surface area contributed by atoms with Gasteiger partial charge < -0.3 is 4.79 Å². The number of carbonyl (C=O) groups excluding carboxylic acids is 1. The molecule has 0 aromatic carbocycles. The molecule has 0 heterocycles. The highest BCUT2D eigenvalue weighted by Crippen LogP contribution is 2.05. The van der Waals surface area contributed by atoms with Gasteiger partial charge in [0.2, 0.25) is 0 Å². The summed E-state index contributed by atoms with van der Waals surface area (Å²) in [6.07, 6.45) is 2.42. The van der Waals surface area contributed by atoms with E-state index in [1.807, 2.05) is 0 Å². The smallest absolute Gasteiger partial charge is 0.126 e.